The van der Waals surface area contributed by atoms with Gasteiger partial charge in [0, 0.05) is 12.3 Å². The maximum atomic E-state index is 11.3. The van der Waals surface area contributed by atoms with Crippen molar-refractivity contribution in [1.29, 1.82) is 0 Å². The van der Waals surface area contributed by atoms with Gasteiger partial charge in [-0.05, 0) is 26.7 Å². The zero-order valence-electron chi connectivity index (χ0n) is 8.60. The fourth-order valence-electron chi connectivity index (χ4n) is 0.853. The normalized spacial score (nSPS) is 11.1. The maximum Gasteiger partial charge on any atom is 0.242 e. The van der Waals surface area contributed by atoms with Crippen molar-refractivity contribution in [3.63, 3.8) is 0 Å². The number of nitrogens with two attached hydrogens (primary N) is 1. The van der Waals surface area contributed by atoms with Crippen LogP contribution in [0.25, 0.3) is 0 Å². The summed E-state index contributed by atoms with van der Waals surface area (Å²) in [6, 6.07) is 0. The summed E-state index contributed by atoms with van der Waals surface area (Å²) in [5.41, 5.74) is 4.12. The summed E-state index contributed by atoms with van der Waals surface area (Å²) in [5.74, 6) is -0.158. The van der Waals surface area contributed by atoms with Gasteiger partial charge in [-0.1, -0.05) is 0 Å². The lowest BCUT2D eigenvalue weighted by Gasteiger charge is -2.22. The molecular formula is C9H17ClN2O2. The maximum absolute atomic E-state index is 11.3. The van der Waals surface area contributed by atoms with Gasteiger partial charge in [0.25, 0.3) is 0 Å². The quantitative estimate of drug-likeness (QED) is 0.513. The number of carbonyl (C=O) groups excluding carboxylic acids is 2. The van der Waals surface area contributed by atoms with Crippen molar-refractivity contribution in [3.8, 4) is 0 Å². The number of carbonyl (C=O) groups is 2. The van der Waals surface area contributed by atoms with E-state index in [-0.39, 0.29) is 5.91 Å². The molecule has 0 aliphatic carbocycles. The molecule has 0 aliphatic heterocycles. The molecule has 0 bridgehead atoms. The molecule has 0 radical (unpaired) electrons. The van der Waals surface area contributed by atoms with E-state index in [0.717, 1.165) is 12.8 Å². The first kappa shape index (κ1) is 13.2. The van der Waals surface area contributed by atoms with Gasteiger partial charge in [-0.3, -0.25) is 9.59 Å². The molecule has 14 heavy (non-hydrogen) atoms. The Bertz CT molecular complexity index is 217. The van der Waals surface area contributed by atoms with Crippen LogP contribution in [-0.4, -0.2) is 23.2 Å². The van der Waals surface area contributed by atoms with E-state index < -0.39 is 11.4 Å². The Morgan fingerprint density at radius 1 is 1.36 bits per heavy atom. The fourth-order valence-corrected chi connectivity index (χ4v) is 1.04. The van der Waals surface area contributed by atoms with Crippen LogP contribution in [0.3, 0.4) is 0 Å². The topological polar surface area (TPSA) is 72.2 Å². The standard InChI is InChI=1S/C9H17ClN2O2/c1-9(2,8(11)14)12-7(13)5-3-4-6-10/h3-6H2,1-2H3,(H2,11,14)(H,12,13). The summed E-state index contributed by atoms with van der Waals surface area (Å²) in [4.78, 5) is 22.1. The first-order valence-corrected chi connectivity index (χ1v) is 5.10. The van der Waals surface area contributed by atoms with E-state index in [0.29, 0.717) is 12.3 Å². The van der Waals surface area contributed by atoms with Crippen molar-refractivity contribution < 1.29 is 9.59 Å². The summed E-state index contributed by atoms with van der Waals surface area (Å²) in [6.07, 6.45) is 1.90. The lowest BCUT2D eigenvalue weighted by atomic mass is 10.0. The number of primary amides is 1. The van der Waals surface area contributed by atoms with Crippen LogP contribution in [0.4, 0.5) is 0 Å². The van der Waals surface area contributed by atoms with Gasteiger partial charge < -0.3 is 11.1 Å². The molecule has 0 rings (SSSR count). The van der Waals surface area contributed by atoms with E-state index in [1.807, 2.05) is 0 Å². The second-order valence-electron chi connectivity index (χ2n) is 3.68. The minimum atomic E-state index is -0.974. The van der Waals surface area contributed by atoms with Crippen LogP contribution in [0.2, 0.25) is 0 Å². The fraction of sp³-hybridized carbons (Fsp3) is 0.778. The number of unbranched alkanes of at least 4 members (excludes halogenated alkanes) is 1. The molecule has 0 spiro atoms. The Hall–Kier alpha value is -0.770. The van der Waals surface area contributed by atoms with Gasteiger partial charge in [-0.2, -0.15) is 0 Å². The molecule has 0 fully saturated rings. The van der Waals surface area contributed by atoms with Crippen LogP contribution in [0.15, 0.2) is 0 Å². The second kappa shape index (κ2) is 5.86. The van der Waals surface area contributed by atoms with Crippen LogP contribution < -0.4 is 11.1 Å². The zero-order valence-corrected chi connectivity index (χ0v) is 9.36. The van der Waals surface area contributed by atoms with Gasteiger partial charge in [0.15, 0.2) is 0 Å². The van der Waals surface area contributed by atoms with Crippen LogP contribution in [0.1, 0.15) is 33.1 Å². The van der Waals surface area contributed by atoms with Crippen molar-refractivity contribution in [3.05, 3.63) is 0 Å². The minimum Gasteiger partial charge on any atom is -0.368 e. The number of hydrogen-bond acceptors (Lipinski definition) is 2. The third-order valence-electron chi connectivity index (χ3n) is 1.86. The average molecular weight is 221 g/mol. The Kier molecular flexibility index (Phi) is 5.53. The molecule has 0 aromatic heterocycles. The summed E-state index contributed by atoms with van der Waals surface area (Å²) >= 11 is 5.46. The largest absolute Gasteiger partial charge is 0.368 e. The number of alkyl halides is 1. The predicted molar refractivity (Wildman–Crippen MR) is 56.0 cm³/mol. The number of nitrogens with one attached hydrogen (secondary N) is 1. The molecular weight excluding hydrogens is 204 g/mol. The van der Waals surface area contributed by atoms with Gasteiger partial charge in [0.05, 0.1) is 0 Å². The monoisotopic (exact) mass is 220 g/mol. The van der Waals surface area contributed by atoms with Crippen molar-refractivity contribution in [2.45, 2.75) is 38.6 Å². The van der Waals surface area contributed by atoms with Gasteiger partial charge in [-0.15, -0.1) is 11.6 Å². The second-order valence-corrected chi connectivity index (χ2v) is 4.06. The average Bonchev–Trinajstić information content (AvgIpc) is 2.03. The molecule has 0 atom stereocenters. The highest BCUT2D eigenvalue weighted by molar-refractivity contribution is 6.17. The van der Waals surface area contributed by atoms with Gasteiger partial charge in [0.1, 0.15) is 5.54 Å². The Morgan fingerprint density at radius 2 is 1.93 bits per heavy atom. The molecule has 0 aromatic rings. The van der Waals surface area contributed by atoms with Gasteiger partial charge >= 0.3 is 0 Å². The van der Waals surface area contributed by atoms with Crippen molar-refractivity contribution in [2.24, 2.45) is 5.73 Å². The predicted octanol–water partition coefficient (Wildman–Crippen LogP) is 0.776. The van der Waals surface area contributed by atoms with Crippen molar-refractivity contribution in [2.75, 3.05) is 5.88 Å². The molecule has 0 heterocycles. The molecule has 0 aliphatic rings. The number of rotatable bonds is 6. The molecule has 0 unspecified atom stereocenters. The lowest BCUT2D eigenvalue weighted by molar-refractivity contribution is -0.130. The van der Waals surface area contributed by atoms with Gasteiger partial charge in [0.2, 0.25) is 11.8 Å². The Morgan fingerprint density at radius 3 is 2.36 bits per heavy atom. The first-order chi connectivity index (χ1) is 6.40. The van der Waals surface area contributed by atoms with Crippen LogP contribution in [0.5, 0.6) is 0 Å². The third-order valence-corrected chi connectivity index (χ3v) is 2.12. The zero-order chi connectivity index (χ0) is 11.2. The SMILES string of the molecule is CC(C)(NC(=O)CCCCCl)C(N)=O. The van der Waals surface area contributed by atoms with E-state index in [2.05, 4.69) is 5.32 Å². The highest BCUT2D eigenvalue weighted by Crippen LogP contribution is 2.03. The van der Waals surface area contributed by atoms with E-state index in [1.54, 1.807) is 13.8 Å². The Labute approximate surface area is 89.2 Å². The van der Waals surface area contributed by atoms with Crippen molar-refractivity contribution in [1.82, 2.24) is 5.32 Å². The Balaban J connectivity index is 3.88. The van der Waals surface area contributed by atoms with E-state index >= 15 is 0 Å². The molecule has 4 nitrogen and oxygen atoms in total. The van der Waals surface area contributed by atoms with E-state index in [9.17, 15) is 9.59 Å². The molecule has 3 N–H and O–H groups in total. The third kappa shape index (κ3) is 5.07. The van der Waals surface area contributed by atoms with Crippen LogP contribution >= 0.6 is 11.6 Å². The summed E-state index contributed by atoms with van der Waals surface area (Å²) in [6.45, 7) is 3.16. The molecule has 2 amide bonds. The number of amides is 2. The molecule has 0 aromatic carbocycles. The van der Waals surface area contributed by atoms with Crippen LogP contribution in [-0.2, 0) is 9.59 Å². The summed E-state index contributed by atoms with van der Waals surface area (Å²) in [5, 5.41) is 2.56. The number of halogens is 1. The highest BCUT2D eigenvalue weighted by atomic mass is 35.5. The van der Waals surface area contributed by atoms with Gasteiger partial charge in [-0.25, -0.2) is 0 Å². The molecule has 0 saturated heterocycles. The van der Waals surface area contributed by atoms with Crippen molar-refractivity contribution >= 4 is 23.4 Å². The first-order valence-electron chi connectivity index (χ1n) is 4.57. The minimum absolute atomic E-state index is 0.168. The van der Waals surface area contributed by atoms with E-state index in [4.69, 9.17) is 17.3 Å². The lowest BCUT2D eigenvalue weighted by Crippen LogP contribution is -2.52. The highest BCUT2D eigenvalue weighted by Gasteiger charge is 2.26. The summed E-state index contributed by atoms with van der Waals surface area (Å²) < 4.78 is 0. The summed E-state index contributed by atoms with van der Waals surface area (Å²) in [7, 11) is 0. The number of hydrogen-bond donors (Lipinski definition) is 2. The van der Waals surface area contributed by atoms with Crippen LogP contribution in [0, 0.1) is 0 Å². The van der Waals surface area contributed by atoms with E-state index in [1.165, 1.54) is 0 Å². The smallest absolute Gasteiger partial charge is 0.242 e. The molecule has 0 saturated carbocycles. The molecule has 82 valence electrons. The molecule has 5 heteroatoms.